The lowest BCUT2D eigenvalue weighted by molar-refractivity contribution is 1.33. The first-order valence-electron chi connectivity index (χ1n) is 4.23. The molecule has 2 aromatic rings. The minimum Gasteiger partial charge on any atom is -0.263 e. The molecule has 0 amide bonds. The average Bonchev–Trinajstić information content (AvgIpc) is 2.17. The lowest BCUT2D eigenvalue weighted by atomic mass is 10.1. The van der Waals surface area contributed by atoms with Crippen LogP contribution in [0.1, 0.15) is 0 Å². The molecule has 15 heavy (non-hydrogen) atoms. The van der Waals surface area contributed by atoms with E-state index in [0.717, 1.165) is 11.1 Å². The Morgan fingerprint density at radius 1 is 0.933 bits per heavy atom. The van der Waals surface area contributed by atoms with Gasteiger partial charge in [0.2, 0.25) is 0 Å². The summed E-state index contributed by atoms with van der Waals surface area (Å²) in [6, 6.07) is 7.14. The molecule has 1 heterocycles. The van der Waals surface area contributed by atoms with Crippen LogP contribution in [-0.2, 0) is 0 Å². The van der Waals surface area contributed by atoms with E-state index >= 15 is 0 Å². The topological polar surface area (TPSA) is 12.9 Å². The number of aromatic nitrogens is 1. The van der Waals surface area contributed by atoms with Crippen molar-refractivity contribution < 1.29 is 0 Å². The van der Waals surface area contributed by atoms with Gasteiger partial charge in [-0.05, 0) is 18.2 Å². The second kappa shape index (κ2) is 4.40. The van der Waals surface area contributed by atoms with Gasteiger partial charge in [-0.3, -0.25) is 4.98 Å². The van der Waals surface area contributed by atoms with Crippen molar-refractivity contribution in [1.82, 2.24) is 4.98 Å². The molecule has 1 aromatic heterocycles. The van der Waals surface area contributed by atoms with E-state index in [9.17, 15) is 0 Å². The normalized spacial score (nSPS) is 10.3. The fourth-order valence-corrected chi connectivity index (χ4v) is 2.11. The molecule has 1 aromatic carbocycles. The average molecular weight is 259 g/mol. The molecule has 0 spiro atoms. The number of hydrogen-bond acceptors (Lipinski definition) is 1. The third kappa shape index (κ3) is 2.25. The van der Waals surface area contributed by atoms with Gasteiger partial charge in [-0.1, -0.05) is 40.9 Å². The number of nitrogens with zero attached hydrogens (tertiary/aromatic N) is 1. The molecule has 0 saturated heterocycles. The van der Waals surface area contributed by atoms with Gasteiger partial charge in [0.1, 0.15) is 0 Å². The summed E-state index contributed by atoms with van der Waals surface area (Å²) < 4.78 is 0. The smallest absolute Gasteiger partial charge is 0.0595 e. The fraction of sp³-hybridized carbons (Fsp3) is 0. The zero-order chi connectivity index (χ0) is 10.8. The molecular formula is C11H6Cl3N. The van der Waals surface area contributed by atoms with Crippen LogP contribution in [0, 0.1) is 0 Å². The molecule has 0 aliphatic rings. The van der Waals surface area contributed by atoms with E-state index in [-0.39, 0.29) is 0 Å². The monoisotopic (exact) mass is 257 g/mol. The van der Waals surface area contributed by atoms with Gasteiger partial charge >= 0.3 is 0 Å². The highest BCUT2D eigenvalue weighted by Crippen LogP contribution is 2.34. The lowest BCUT2D eigenvalue weighted by Crippen LogP contribution is -1.83. The number of halogens is 3. The SMILES string of the molecule is Clc1cncc(-c2c(Cl)cccc2Cl)c1. The molecule has 0 atom stereocenters. The highest BCUT2D eigenvalue weighted by Gasteiger charge is 2.08. The molecule has 0 aliphatic carbocycles. The second-order valence-corrected chi connectivity index (χ2v) is 4.24. The molecule has 0 unspecified atom stereocenters. The number of rotatable bonds is 1. The Bertz CT molecular complexity index is 477. The van der Waals surface area contributed by atoms with Gasteiger partial charge in [0.15, 0.2) is 0 Å². The van der Waals surface area contributed by atoms with E-state index in [0.29, 0.717) is 15.1 Å². The van der Waals surface area contributed by atoms with Gasteiger partial charge in [0.05, 0.1) is 5.02 Å². The molecule has 0 bridgehead atoms. The van der Waals surface area contributed by atoms with Crippen LogP contribution in [0.15, 0.2) is 36.7 Å². The predicted molar refractivity (Wildman–Crippen MR) is 64.7 cm³/mol. The summed E-state index contributed by atoms with van der Waals surface area (Å²) in [4.78, 5) is 3.99. The first kappa shape index (κ1) is 10.7. The molecular weight excluding hydrogens is 252 g/mol. The Morgan fingerprint density at radius 3 is 2.20 bits per heavy atom. The van der Waals surface area contributed by atoms with Crippen molar-refractivity contribution in [3.8, 4) is 11.1 Å². The van der Waals surface area contributed by atoms with E-state index < -0.39 is 0 Å². The Kier molecular flexibility index (Phi) is 3.15. The highest BCUT2D eigenvalue weighted by atomic mass is 35.5. The molecule has 1 nitrogen and oxygen atoms in total. The lowest BCUT2D eigenvalue weighted by Gasteiger charge is -2.06. The van der Waals surface area contributed by atoms with E-state index in [1.54, 1.807) is 36.7 Å². The largest absolute Gasteiger partial charge is 0.263 e. The zero-order valence-corrected chi connectivity index (χ0v) is 9.81. The number of hydrogen-bond donors (Lipinski definition) is 0. The number of pyridine rings is 1. The molecule has 0 fully saturated rings. The van der Waals surface area contributed by atoms with Crippen LogP contribution in [0.25, 0.3) is 11.1 Å². The minimum absolute atomic E-state index is 0.559. The predicted octanol–water partition coefficient (Wildman–Crippen LogP) is 4.71. The van der Waals surface area contributed by atoms with Gasteiger partial charge < -0.3 is 0 Å². The van der Waals surface area contributed by atoms with Crippen molar-refractivity contribution in [2.45, 2.75) is 0 Å². The van der Waals surface area contributed by atoms with Gasteiger partial charge in [0, 0.05) is 33.6 Å². The van der Waals surface area contributed by atoms with Crippen LogP contribution < -0.4 is 0 Å². The van der Waals surface area contributed by atoms with Crippen LogP contribution in [0.2, 0.25) is 15.1 Å². The molecule has 4 heteroatoms. The van der Waals surface area contributed by atoms with Gasteiger partial charge in [0.25, 0.3) is 0 Å². The number of benzene rings is 1. The zero-order valence-electron chi connectivity index (χ0n) is 7.55. The Labute approximate surface area is 103 Å². The van der Waals surface area contributed by atoms with Crippen molar-refractivity contribution in [1.29, 1.82) is 0 Å². The molecule has 0 saturated carbocycles. The Balaban J connectivity index is 2.63. The molecule has 0 aliphatic heterocycles. The summed E-state index contributed by atoms with van der Waals surface area (Å²) in [7, 11) is 0. The Hall–Kier alpha value is -0.760. The third-order valence-electron chi connectivity index (χ3n) is 1.96. The summed E-state index contributed by atoms with van der Waals surface area (Å²) in [6.07, 6.45) is 3.24. The van der Waals surface area contributed by atoms with Crippen LogP contribution in [0.5, 0.6) is 0 Å². The van der Waals surface area contributed by atoms with Crippen molar-refractivity contribution in [3.05, 3.63) is 51.7 Å². The van der Waals surface area contributed by atoms with Crippen LogP contribution in [0.3, 0.4) is 0 Å². The van der Waals surface area contributed by atoms with E-state index in [4.69, 9.17) is 34.8 Å². The van der Waals surface area contributed by atoms with Crippen molar-refractivity contribution in [2.24, 2.45) is 0 Å². The quantitative estimate of drug-likeness (QED) is 0.722. The summed E-state index contributed by atoms with van der Waals surface area (Å²) in [6.45, 7) is 0. The second-order valence-electron chi connectivity index (χ2n) is 2.99. The third-order valence-corrected chi connectivity index (χ3v) is 2.79. The molecule has 0 radical (unpaired) electrons. The van der Waals surface area contributed by atoms with E-state index in [2.05, 4.69) is 4.98 Å². The van der Waals surface area contributed by atoms with Gasteiger partial charge in [-0.15, -0.1) is 0 Å². The summed E-state index contributed by atoms with van der Waals surface area (Å²) in [5.74, 6) is 0. The summed E-state index contributed by atoms with van der Waals surface area (Å²) in [5.41, 5.74) is 1.58. The molecule has 2 rings (SSSR count). The maximum Gasteiger partial charge on any atom is 0.0595 e. The van der Waals surface area contributed by atoms with Crippen LogP contribution in [-0.4, -0.2) is 4.98 Å². The standard InChI is InChI=1S/C11H6Cl3N/c12-8-4-7(5-15-6-8)11-9(13)2-1-3-10(11)14/h1-6H. The fourth-order valence-electron chi connectivity index (χ4n) is 1.32. The summed E-state index contributed by atoms with van der Waals surface area (Å²) >= 11 is 18.0. The van der Waals surface area contributed by atoms with Crippen molar-refractivity contribution in [3.63, 3.8) is 0 Å². The highest BCUT2D eigenvalue weighted by molar-refractivity contribution is 6.39. The van der Waals surface area contributed by atoms with E-state index in [1.807, 2.05) is 0 Å². The molecule has 0 N–H and O–H groups in total. The maximum atomic E-state index is 6.06. The first-order valence-corrected chi connectivity index (χ1v) is 5.37. The first-order chi connectivity index (χ1) is 7.18. The van der Waals surface area contributed by atoms with Crippen LogP contribution in [0.4, 0.5) is 0 Å². The minimum atomic E-state index is 0.559. The summed E-state index contributed by atoms with van der Waals surface area (Å²) in [5, 5.41) is 1.74. The van der Waals surface area contributed by atoms with Crippen LogP contribution >= 0.6 is 34.8 Å². The van der Waals surface area contributed by atoms with Gasteiger partial charge in [-0.2, -0.15) is 0 Å². The van der Waals surface area contributed by atoms with Crippen molar-refractivity contribution in [2.75, 3.05) is 0 Å². The Morgan fingerprint density at radius 2 is 1.60 bits per heavy atom. The maximum absolute atomic E-state index is 6.06. The van der Waals surface area contributed by atoms with Crippen molar-refractivity contribution >= 4 is 34.8 Å². The van der Waals surface area contributed by atoms with E-state index in [1.165, 1.54) is 0 Å². The molecule has 76 valence electrons. The van der Waals surface area contributed by atoms with Gasteiger partial charge in [-0.25, -0.2) is 0 Å².